The number of aromatic nitrogens is 3. The van der Waals surface area contributed by atoms with Gasteiger partial charge >= 0.3 is 5.97 Å². The zero-order valence-electron chi connectivity index (χ0n) is 12.2. The molecule has 0 N–H and O–H groups in total. The lowest BCUT2D eigenvalue weighted by Crippen LogP contribution is -2.08. The second-order valence-corrected chi connectivity index (χ2v) is 6.60. The van der Waals surface area contributed by atoms with E-state index in [1.54, 1.807) is 18.3 Å². The van der Waals surface area contributed by atoms with Gasteiger partial charge in [-0.25, -0.2) is 9.48 Å². The van der Waals surface area contributed by atoms with E-state index >= 15 is 0 Å². The largest absolute Gasteiger partial charge is 0.461 e. The molecule has 0 radical (unpaired) electrons. The summed E-state index contributed by atoms with van der Waals surface area (Å²) in [6, 6.07) is 3.93. The highest BCUT2D eigenvalue weighted by atomic mass is 32.2. The number of nitrogens with zero attached hydrogens (tertiary/aromatic N) is 3. The molecule has 114 valence electrons. The first-order chi connectivity index (χ1) is 10.3. The number of esters is 1. The van der Waals surface area contributed by atoms with Crippen LogP contribution in [0.2, 0.25) is 0 Å². The fraction of sp³-hybridized carbons (Fsp3) is 0.500. The molecule has 0 aliphatic heterocycles. The van der Waals surface area contributed by atoms with E-state index in [9.17, 15) is 4.79 Å². The maximum absolute atomic E-state index is 12.0. The summed E-state index contributed by atoms with van der Waals surface area (Å²) in [5.41, 5.74) is 1.08. The van der Waals surface area contributed by atoms with E-state index in [1.165, 1.54) is 0 Å². The van der Waals surface area contributed by atoms with Crippen molar-refractivity contribution in [2.75, 3.05) is 18.1 Å². The Morgan fingerprint density at radius 2 is 2.33 bits per heavy atom. The first-order valence-electron chi connectivity index (χ1n) is 7.00. The Morgan fingerprint density at radius 3 is 3.00 bits per heavy atom. The Hall–Kier alpha value is -1.34. The van der Waals surface area contributed by atoms with E-state index < -0.39 is 5.97 Å². The molecule has 0 atom stereocenters. The van der Waals surface area contributed by atoms with Gasteiger partial charge < -0.3 is 4.74 Å². The fourth-order valence-corrected chi connectivity index (χ4v) is 3.32. The third kappa shape index (κ3) is 4.07. The molecule has 21 heavy (non-hydrogen) atoms. The number of carbonyl (C=O) groups excluding carboxylic acids is 1. The Bertz CT molecular complexity index is 567. The van der Waals surface area contributed by atoms with Gasteiger partial charge in [0.2, 0.25) is 0 Å². The number of carbonyl (C=O) groups is 1. The first-order valence-corrected chi connectivity index (χ1v) is 9.03. The molecule has 0 bridgehead atoms. The molecule has 0 aromatic carbocycles. The highest BCUT2D eigenvalue weighted by molar-refractivity contribution is 7.99. The maximum atomic E-state index is 12.0. The van der Waals surface area contributed by atoms with Crippen molar-refractivity contribution in [1.29, 1.82) is 0 Å². The van der Waals surface area contributed by atoms with Crippen molar-refractivity contribution in [2.45, 2.75) is 26.8 Å². The van der Waals surface area contributed by atoms with Gasteiger partial charge in [0.1, 0.15) is 5.69 Å². The molecule has 0 spiro atoms. The first kappa shape index (κ1) is 16.0. The van der Waals surface area contributed by atoms with Gasteiger partial charge in [0, 0.05) is 6.54 Å². The van der Waals surface area contributed by atoms with Crippen LogP contribution < -0.4 is 0 Å². The predicted molar refractivity (Wildman–Crippen MR) is 86.9 cm³/mol. The molecule has 0 saturated heterocycles. The quantitative estimate of drug-likeness (QED) is 0.550. The van der Waals surface area contributed by atoms with Gasteiger partial charge in [-0.2, -0.15) is 11.8 Å². The van der Waals surface area contributed by atoms with Crippen molar-refractivity contribution in [3.05, 3.63) is 23.2 Å². The number of thioether (sulfide) groups is 1. The van der Waals surface area contributed by atoms with Gasteiger partial charge in [-0.3, -0.25) is 0 Å². The summed E-state index contributed by atoms with van der Waals surface area (Å²) in [4.78, 5) is 13.0. The van der Waals surface area contributed by atoms with Crippen LogP contribution in [0, 0.1) is 0 Å². The second-order valence-electron chi connectivity index (χ2n) is 4.26. The molecule has 7 heteroatoms. The minimum absolute atomic E-state index is 0.308. The molecule has 0 aliphatic rings. The third-order valence-corrected chi connectivity index (χ3v) is 4.68. The molecule has 5 nitrogen and oxygen atoms in total. The van der Waals surface area contributed by atoms with Crippen LogP contribution in [0.1, 0.15) is 30.8 Å². The Balaban J connectivity index is 2.22. The van der Waals surface area contributed by atoms with Crippen LogP contribution in [-0.4, -0.2) is 39.1 Å². The van der Waals surface area contributed by atoms with Crippen LogP contribution in [0.15, 0.2) is 17.5 Å². The molecule has 0 amide bonds. The number of ether oxygens (including phenoxy) is 1. The molecule has 0 saturated carbocycles. The van der Waals surface area contributed by atoms with Gasteiger partial charge in [-0.05, 0) is 36.3 Å². The monoisotopic (exact) mass is 325 g/mol. The molecule has 2 heterocycles. The normalized spacial score (nSPS) is 10.8. The number of hydrogen-bond acceptors (Lipinski definition) is 6. The van der Waals surface area contributed by atoms with E-state index in [0.29, 0.717) is 12.3 Å². The summed E-state index contributed by atoms with van der Waals surface area (Å²) in [6.07, 6.45) is 1.00. The van der Waals surface area contributed by atoms with Crippen LogP contribution in [0.4, 0.5) is 0 Å². The molecule has 0 fully saturated rings. The Kier molecular flexibility index (Phi) is 6.25. The molecular weight excluding hydrogens is 306 g/mol. The number of aryl methyl sites for hydroxylation is 1. The summed E-state index contributed by atoms with van der Waals surface area (Å²) in [5, 5.41) is 10.1. The summed E-state index contributed by atoms with van der Waals surface area (Å²) in [7, 11) is 0. The van der Waals surface area contributed by atoms with E-state index in [2.05, 4.69) is 17.2 Å². The van der Waals surface area contributed by atoms with E-state index in [-0.39, 0.29) is 0 Å². The predicted octanol–water partition coefficient (Wildman–Crippen LogP) is 3.33. The highest BCUT2D eigenvalue weighted by Crippen LogP contribution is 2.27. The topological polar surface area (TPSA) is 57.0 Å². The average molecular weight is 325 g/mol. The van der Waals surface area contributed by atoms with Crippen molar-refractivity contribution in [2.24, 2.45) is 0 Å². The zero-order chi connectivity index (χ0) is 15.1. The van der Waals surface area contributed by atoms with E-state index in [1.807, 2.05) is 34.0 Å². The van der Waals surface area contributed by atoms with Crippen molar-refractivity contribution in [3.8, 4) is 10.6 Å². The lowest BCUT2D eigenvalue weighted by atomic mass is 10.2. The lowest BCUT2D eigenvalue weighted by Gasteiger charge is -2.06. The van der Waals surface area contributed by atoms with Crippen molar-refractivity contribution >= 4 is 29.1 Å². The van der Waals surface area contributed by atoms with Crippen LogP contribution in [0.5, 0.6) is 0 Å². The highest BCUT2D eigenvalue weighted by Gasteiger charge is 2.22. The van der Waals surface area contributed by atoms with Gasteiger partial charge in [-0.1, -0.05) is 18.2 Å². The van der Waals surface area contributed by atoms with Gasteiger partial charge in [0.15, 0.2) is 5.69 Å². The van der Waals surface area contributed by atoms with Crippen molar-refractivity contribution < 1.29 is 9.53 Å². The molecule has 2 aromatic rings. The molecule has 2 aromatic heterocycles. The minimum atomic E-state index is -0.407. The van der Waals surface area contributed by atoms with E-state index in [0.717, 1.165) is 35.0 Å². The Morgan fingerprint density at radius 1 is 1.48 bits per heavy atom. The SMILES string of the molecule is CCOC(=O)c1nnn(CCCSCC)c1-c1cccs1. The summed E-state index contributed by atoms with van der Waals surface area (Å²) < 4.78 is 6.88. The summed E-state index contributed by atoms with van der Waals surface area (Å²) in [6.45, 7) is 5.03. The maximum Gasteiger partial charge on any atom is 0.361 e. The molecule has 0 aliphatic carbocycles. The number of rotatable bonds is 8. The molecular formula is C14H19N3O2S2. The third-order valence-electron chi connectivity index (χ3n) is 2.82. The molecule has 2 rings (SSSR count). The van der Waals surface area contributed by atoms with Crippen molar-refractivity contribution in [3.63, 3.8) is 0 Å². The van der Waals surface area contributed by atoms with Crippen LogP contribution in [0.25, 0.3) is 10.6 Å². The van der Waals surface area contributed by atoms with Crippen molar-refractivity contribution in [1.82, 2.24) is 15.0 Å². The Labute approximate surface area is 132 Å². The van der Waals surface area contributed by atoms with Crippen LogP contribution in [-0.2, 0) is 11.3 Å². The smallest absolute Gasteiger partial charge is 0.361 e. The number of hydrogen-bond donors (Lipinski definition) is 0. The minimum Gasteiger partial charge on any atom is -0.461 e. The lowest BCUT2D eigenvalue weighted by molar-refractivity contribution is 0.0520. The number of thiophene rings is 1. The van der Waals surface area contributed by atoms with Gasteiger partial charge in [-0.15, -0.1) is 16.4 Å². The second kappa shape index (κ2) is 8.19. The van der Waals surface area contributed by atoms with Gasteiger partial charge in [0.25, 0.3) is 0 Å². The van der Waals surface area contributed by atoms with E-state index in [4.69, 9.17) is 4.74 Å². The van der Waals surface area contributed by atoms with Gasteiger partial charge in [0.05, 0.1) is 11.5 Å². The fourth-order valence-electron chi connectivity index (χ4n) is 1.92. The standard InChI is InChI=1S/C14H19N3O2S2/c1-3-19-14(18)12-13(11-7-5-10-21-11)17(16-15-12)8-6-9-20-4-2/h5,7,10H,3-4,6,8-9H2,1-2H3. The zero-order valence-corrected chi connectivity index (χ0v) is 13.9. The summed E-state index contributed by atoms with van der Waals surface area (Å²) in [5.74, 6) is 1.79. The van der Waals surface area contributed by atoms with Crippen LogP contribution in [0.3, 0.4) is 0 Å². The average Bonchev–Trinajstić information content (AvgIpc) is 3.12. The van der Waals surface area contributed by atoms with Crippen LogP contribution >= 0.6 is 23.1 Å². The summed E-state index contributed by atoms with van der Waals surface area (Å²) >= 11 is 3.48. The molecule has 0 unspecified atom stereocenters.